The molecule has 0 aliphatic carbocycles. The van der Waals surface area contributed by atoms with E-state index in [-0.39, 0.29) is 19.4 Å². The zero-order valence-electron chi connectivity index (χ0n) is 38.0. The molecule has 0 amide bonds. The van der Waals surface area contributed by atoms with Gasteiger partial charge < -0.3 is 64.2 Å². The third-order valence-corrected chi connectivity index (χ3v) is 11.0. The number of esters is 2. The second-order valence-corrected chi connectivity index (χ2v) is 16.6. The maximum Gasteiger partial charge on any atom is 0.306 e. The number of ether oxygens (including phenoxy) is 6. The Labute approximate surface area is 376 Å². The van der Waals surface area contributed by atoms with E-state index in [9.17, 15) is 45.3 Å². The van der Waals surface area contributed by atoms with Crippen molar-refractivity contribution in [2.75, 3.05) is 26.4 Å². The van der Waals surface area contributed by atoms with Crippen LogP contribution in [0.5, 0.6) is 0 Å². The third-order valence-electron chi connectivity index (χ3n) is 11.0. The zero-order valence-corrected chi connectivity index (χ0v) is 38.0. The molecule has 15 heteroatoms. The summed E-state index contributed by atoms with van der Waals surface area (Å²) in [6.45, 7) is 2.45. The van der Waals surface area contributed by atoms with E-state index in [0.717, 1.165) is 64.2 Å². The molecule has 2 heterocycles. The summed E-state index contributed by atoms with van der Waals surface area (Å²) >= 11 is 0. The second-order valence-electron chi connectivity index (χ2n) is 16.6. The van der Waals surface area contributed by atoms with Gasteiger partial charge in [0.25, 0.3) is 0 Å². The highest BCUT2D eigenvalue weighted by molar-refractivity contribution is 5.70. The molecular weight excluding hydrogens is 817 g/mol. The lowest BCUT2D eigenvalue weighted by atomic mass is 9.98. The Morgan fingerprint density at radius 1 is 0.508 bits per heavy atom. The Bertz CT molecular complexity index is 1290. The Kier molecular flexibility index (Phi) is 32.1. The molecule has 0 radical (unpaired) electrons. The quantitative estimate of drug-likeness (QED) is 0.0235. The van der Waals surface area contributed by atoms with E-state index in [2.05, 4.69) is 62.5 Å². The van der Waals surface area contributed by atoms with Crippen molar-refractivity contribution in [3.63, 3.8) is 0 Å². The highest BCUT2D eigenvalue weighted by Crippen LogP contribution is 2.26. The van der Waals surface area contributed by atoms with Gasteiger partial charge in [0, 0.05) is 12.8 Å². The number of hydrogen-bond donors (Lipinski definition) is 7. The smallest absolute Gasteiger partial charge is 0.306 e. The summed E-state index contributed by atoms with van der Waals surface area (Å²) in [5.41, 5.74) is 0. The van der Waals surface area contributed by atoms with E-state index >= 15 is 0 Å². The molecule has 15 nitrogen and oxygen atoms in total. The van der Waals surface area contributed by atoms with Crippen LogP contribution in [-0.4, -0.2) is 142 Å². The lowest BCUT2D eigenvalue weighted by Gasteiger charge is -2.42. The van der Waals surface area contributed by atoms with Crippen LogP contribution in [0.15, 0.2) is 48.6 Å². The van der Waals surface area contributed by atoms with Crippen LogP contribution >= 0.6 is 0 Å². The summed E-state index contributed by atoms with van der Waals surface area (Å²) in [5, 5.41) is 71.9. The standard InChI is InChI=1S/C48H82O15/c1-3-5-7-9-11-13-15-16-17-18-19-20-21-23-24-26-28-30-39(50)58-33-36(61-40(51)31-29-27-25-22-14-12-10-8-6-4-2)34-59-47-46(57)44(55)42(53)38(63-47)35-60-48-45(56)43(54)41(52)37(32-49)62-48/h7,9,13,15,17-18,20-21,36-38,41-49,52-57H,3-6,8,10-12,14,16,19,22-35H2,1-2H3/b9-7+,15-13+,18-17+,21-20+/t36-,37+,38+,41-,42-,43?,44?,45?,46?,47+,48+/m1/s1. The van der Waals surface area contributed by atoms with Crippen molar-refractivity contribution in [2.45, 2.75) is 216 Å². The van der Waals surface area contributed by atoms with Gasteiger partial charge in [-0.1, -0.05) is 133 Å². The molecule has 2 aliphatic rings. The summed E-state index contributed by atoms with van der Waals surface area (Å²) in [4.78, 5) is 25.6. The predicted molar refractivity (Wildman–Crippen MR) is 238 cm³/mol. The fourth-order valence-corrected chi connectivity index (χ4v) is 7.09. The largest absolute Gasteiger partial charge is 0.462 e. The Balaban J connectivity index is 1.84. The molecule has 364 valence electrons. The fourth-order valence-electron chi connectivity index (χ4n) is 7.09. The molecule has 0 aromatic rings. The van der Waals surface area contributed by atoms with Crippen molar-refractivity contribution < 1.29 is 73.8 Å². The molecule has 2 saturated heterocycles. The molecule has 2 aliphatic heterocycles. The van der Waals surface area contributed by atoms with E-state index in [4.69, 9.17) is 28.4 Å². The van der Waals surface area contributed by atoms with Crippen molar-refractivity contribution in [3.05, 3.63) is 48.6 Å². The van der Waals surface area contributed by atoms with Crippen molar-refractivity contribution in [1.82, 2.24) is 0 Å². The number of aliphatic hydroxyl groups is 7. The molecule has 0 bridgehead atoms. The Morgan fingerprint density at radius 2 is 0.984 bits per heavy atom. The predicted octanol–water partition coefficient (Wildman–Crippen LogP) is 5.54. The maximum atomic E-state index is 12.9. The van der Waals surface area contributed by atoms with Crippen molar-refractivity contribution in [3.8, 4) is 0 Å². The van der Waals surface area contributed by atoms with Gasteiger partial charge in [0.15, 0.2) is 18.7 Å². The third kappa shape index (κ3) is 24.5. The van der Waals surface area contributed by atoms with Crippen LogP contribution < -0.4 is 0 Å². The minimum Gasteiger partial charge on any atom is -0.462 e. The first-order valence-electron chi connectivity index (χ1n) is 23.7. The first kappa shape index (κ1) is 56.6. The lowest BCUT2D eigenvalue weighted by Crippen LogP contribution is -2.61. The molecule has 63 heavy (non-hydrogen) atoms. The summed E-state index contributed by atoms with van der Waals surface area (Å²) in [7, 11) is 0. The van der Waals surface area contributed by atoms with Gasteiger partial charge in [0.2, 0.25) is 0 Å². The van der Waals surface area contributed by atoms with Gasteiger partial charge in [-0.3, -0.25) is 9.59 Å². The first-order chi connectivity index (χ1) is 30.5. The van der Waals surface area contributed by atoms with Gasteiger partial charge in [0.05, 0.1) is 19.8 Å². The van der Waals surface area contributed by atoms with E-state index in [1.54, 1.807) is 0 Å². The highest BCUT2D eigenvalue weighted by atomic mass is 16.7. The number of carbonyl (C=O) groups is 2. The van der Waals surface area contributed by atoms with Gasteiger partial charge in [-0.15, -0.1) is 0 Å². The van der Waals surface area contributed by atoms with Gasteiger partial charge in [0.1, 0.15) is 55.4 Å². The SMILES string of the molecule is CCC/C=C/C/C=C/C/C=C/C/C=C/CCCCCC(=O)OC[C@H](CO[C@H]1O[C@@H](CO[C@H]2O[C@@H](CO)[C@@H](O)C(O)C2O)[C@@H](O)C(O)C1O)OC(=O)CCCCCCCCCCCC. The number of allylic oxidation sites excluding steroid dienone is 8. The van der Waals surface area contributed by atoms with Crippen LogP contribution in [0.2, 0.25) is 0 Å². The molecule has 0 spiro atoms. The minimum atomic E-state index is -1.77. The van der Waals surface area contributed by atoms with Crippen molar-refractivity contribution in [1.29, 1.82) is 0 Å². The molecule has 2 fully saturated rings. The molecule has 7 N–H and O–H groups in total. The van der Waals surface area contributed by atoms with E-state index in [0.29, 0.717) is 12.8 Å². The van der Waals surface area contributed by atoms with Crippen LogP contribution in [0.4, 0.5) is 0 Å². The van der Waals surface area contributed by atoms with Gasteiger partial charge in [-0.05, 0) is 51.4 Å². The van der Waals surface area contributed by atoms with Crippen LogP contribution in [0.25, 0.3) is 0 Å². The average Bonchev–Trinajstić information content (AvgIpc) is 3.28. The second kappa shape index (κ2) is 35.7. The topological polar surface area (TPSA) is 231 Å². The number of rotatable bonds is 35. The van der Waals surface area contributed by atoms with Crippen LogP contribution in [0.3, 0.4) is 0 Å². The molecule has 0 saturated carbocycles. The van der Waals surface area contributed by atoms with Crippen LogP contribution in [0.1, 0.15) is 149 Å². The van der Waals surface area contributed by atoms with Gasteiger partial charge in [-0.2, -0.15) is 0 Å². The maximum absolute atomic E-state index is 12.9. The van der Waals surface area contributed by atoms with Crippen LogP contribution in [0, 0.1) is 0 Å². The molecular formula is C48H82O15. The van der Waals surface area contributed by atoms with Crippen LogP contribution in [-0.2, 0) is 38.0 Å². The summed E-state index contributed by atoms with van der Waals surface area (Å²) in [5.74, 6) is -0.966. The molecule has 4 unspecified atom stereocenters. The molecule has 11 atom stereocenters. The van der Waals surface area contributed by atoms with Gasteiger partial charge >= 0.3 is 11.9 Å². The normalized spacial score (nSPS) is 27.3. The molecule has 2 rings (SSSR count). The fraction of sp³-hybridized carbons (Fsp3) is 0.792. The number of hydrogen-bond acceptors (Lipinski definition) is 15. The summed E-state index contributed by atoms with van der Waals surface area (Å²) in [6, 6.07) is 0. The minimum absolute atomic E-state index is 0.158. The Morgan fingerprint density at radius 3 is 1.56 bits per heavy atom. The molecule has 0 aromatic carbocycles. The van der Waals surface area contributed by atoms with Crippen molar-refractivity contribution in [2.24, 2.45) is 0 Å². The van der Waals surface area contributed by atoms with Crippen molar-refractivity contribution >= 4 is 11.9 Å². The molecule has 0 aromatic heterocycles. The zero-order chi connectivity index (χ0) is 46.1. The number of carbonyl (C=O) groups excluding carboxylic acids is 2. The number of aliphatic hydroxyl groups excluding tert-OH is 7. The number of unbranched alkanes of at least 4 members (excludes halogenated alkanes) is 13. The van der Waals surface area contributed by atoms with E-state index in [1.165, 1.54) is 44.9 Å². The highest BCUT2D eigenvalue weighted by Gasteiger charge is 2.47. The lowest BCUT2D eigenvalue weighted by molar-refractivity contribution is -0.332. The summed E-state index contributed by atoms with van der Waals surface area (Å²) in [6.07, 6.45) is 20.1. The average molecular weight is 899 g/mol. The van der Waals surface area contributed by atoms with Gasteiger partial charge in [-0.25, -0.2) is 0 Å². The van der Waals surface area contributed by atoms with E-state index < -0.39 is 99.3 Å². The van der Waals surface area contributed by atoms with E-state index in [1.807, 2.05) is 0 Å². The monoisotopic (exact) mass is 899 g/mol. The Hall–Kier alpha value is -2.54. The first-order valence-corrected chi connectivity index (χ1v) is 23.7. The summed E-state index contributed by atoms with van der Waals surface area (Å²) < 4.78 is 33.4.